The van der Waals surface area contributed by atoms with Crippen molar-refractivity contribution in [1.29, 1.82) is 0 Å². The van der Waals surface area contributed by atoms with Crippen LogP contribution in [0.3, 0.4) is 0 Å². The second-order valence-corrected chi connectivity index (χ2v) is 2.93. The summed E-state index contributed by atoms with van der Waals surface area (Å²) < 4.78 is 0. The molecule has 0 spiro atoms. The van der Waals surface area contributed by atoms with Crippen LogP contribution in [0.25, 0.3) is 0 Å². The van der Waals surface area contributed by atoms with E-state index in [-0.39, 0.29) is 0 Å². The molecule has 0 aromatic rings. The van der Waals surface area contributed by atoms with Crippen LogP contribution in [-0.2, 0) is 0 Å². The minimum Gasteiger partial charge on any atom is -0.0522 e. The predicted octanol–water partition coefficient (Wildman–Crippen LogP) is 2.36. The van der Waals surface area contributed by atoms with E-state index in [9.17, 15) is 0 Å². The van der Waals surface area contributed by atoms with Gasteiger partial charge in [-0.25, -0.2) is 0 Å². The number of hydrogen-bond acceptors (Lipinski definition) is 0. The minimum absolute atomic E-state index is 0.976. The molecule has 0 bridgehead atoms. The van der Waals surface area contributed by atoms with Crippen molar-refractivity contribution in [2.24, 2.45) is 5.92 Å². The molecule has 0 heterocycles. The molecule has 44 valence electrons. The van der Waals surface area contributed by atoms with Crippen LogP contribution < -0.4 is 0 Å². The van der Waals surface area contributed by atoms with Crippen molar-refractivity contribution < 1.29 is 0 Å². The largest absolute Gasteiger partial charge is 0.0522 e. The third-order valence-corrected chi connectivity index (χ3v) is 2.45. The minimum atomic E-state index is 0.976. The fourth-order valence-corrected chi connectivity index (χ4v) is 1.46. The van der Waals surface area contributed by atoms with Gasteiger partial charge in [0, 0.05) is 0 Å². The average Bonchev–Trinajstić information content (AvgIpc) is 1.47. The summed E-state index contributed by atoms with van der Waals surface area (Å²) >= 11 is 0. The van der Waals surface area contributed by atoms with E-state index in [4.69, 9.17) is 0 Å². The molecule has 0 saturated heterocycles. The summed E-state index contributed by atoms with van der Waals surface area (Å²) in [5, 5.41) is 0. The first-order valence-electron chi connectivity index (χ1n) is 3.65. The average molecular weight is 108 g/mol. The lowest BCUT2D eigenvalue weighted by Crippen LogP contribution is -2.25. The number of hydrogen-bond donors (Lipinski definition) is 0. The van der Waals surface area contributed by atoms with E-state index in [0.29, 0.717) is 0 Å². The Morgan fingerprint density at radius 3 is 2.25 bits per heavy atom. The lowest BCUT2D eigenvalue weighted by atomic mass is 9.67. The highest BCUT2D eigenvalue weighted by Crippen LogP contribution is 2.44. The van der Waals surface area contributed by atoms with Crippen LogP contribution >= 0.6 is 0 Å². The highest BCUT2D eigenvalue weighted by Gasteiger charge is 2.31. The van der Waals surface area contributed by atoms with E-state index in [2.05, 4.69) is 6.42 Å². The molecule has 0 amide bonds. The molecule has 0 nitrogen and oxygen atoms in total. The lowest BCUT2D eigenvalue weighted by molar-refractivity contribution is 0.349. The second-order valence-electron chi connectivity index (χ2n) is 2.93. The van der Waals surface area contributed by atoms with E-state index in [0.717, 1.165) is 5.92 Å². The topological polar surface area (TPSA) is 0 Å². The summed E-state index contributed by atoms with van der Waals surface area (Å²) in [4.78, 5) is 0. The van der Waals surface area contributed by atoms with Crippen molar-refractivity contribution in [1.82, 2.24) is 0 Å². The van der Waals surface area contributed by atoms with E-state index >= 15 is 0 Å². The molecule has 2 saturated carbocycles. The predicted molar refractivity (Wildman–Crippen MR) is 34.1 cm³/mol. The van der Waals surface area contributed by atoms with Crippen LogP contribution in [0, 0.1) is 18.3 Å². The van der Waals surface area contributed by atoms with Crippen molar-refractivity contribution in [3.05, 3.63) is 12.3 Å². The molecule has 2 rings (SSSR count). The normalized spacial score (nSPS) is 31.5. The monoisotopic (exact) mass is 108 g/mol. The zero-order valence-corrected chi connectivity index (χ0v) is 5.19. The molecule has 1 unspecified atom stereocenters. The van der Waals surface area contributed by atoms with Crippen LogP contribution in [0.15, 0.2) is 0 Å². The first-order valence-corrected chi connectivity index (χ1v) is 3.65. The van der Waals surface area contributed by atoms with E-state index in [1.807, 2.05) is 5.92 Å². The maximum Gasteiger partial charge on any atom is -0.0207 e. The molecule has 0 heteroatoms. The van der Waals surface area contributed by atoms with Crippen molar-refractivity contribution >= 4 is 0 Å². The van der Waals surface area contributed by atoms with Crippen LogP contribution in [0.5, 0.6) is 0 Å². The molecule has 2 aliphatic rings. The molecule has 0 aromatic heterocycles. The number of rotatable bonds is 1. The van der Waals surface area contributed by atoms with Crippen LogP contribution in [0.2, 0.25) is 0 Å². The summed E-state index contributed by atoms with van der Waals surface area (Å²) in [6.07, 6.45) is 9.68. The zero-order chi connectivity index (χ0) is 5.40. The highest BCUT2D eigenvalue weighted by atomic mass is 14.4. The van der Waals surface area contributed by atoms with Gasteiger partial charge in [0.25, 0.3) is 0 Å². The Kier molecular flexibility index (Phi) is 1.06. The van der Waals surface area contributed by atoms with E-state index in [1.165, 1.54) is 32.1 Å². The highest BCUT2D eigenvalue weighted by molar-refractivity contribution is 5.12. The molecule has 1 atom stereocenters. The maximum atomic E-state index is 2.47. The summed E-state index contributed by atoms with van der Waals surface area (Å²) in [5.74, 6) is 2.82. The van der Waals surface area contributed by atoms with Gasteiger partial charge in [-0.2, -0.15) is 0 Å². The van der Waals surface area contributed by atoms with Gasteiger partial charge in [0.15, 0.2) is 0 Å². The quantitative estimate of drug-likeness (QED) is 0.483. The summed E-state index contributed by atoms with van der Waals surface area (Å²) in [6, 6.07) is 0. The van der Waals surface area contributed by atoms with Gasteiger partial charge in [0.05, 0.1) is 0 Å². The standard InChI is InChI=1S/C8H12/c1-3-7(4-1)8-5-2-6-8/h3,7H,1-2,4-6H2. The maximum absolute atomic E-state index is 2.47. The fourth-order valence-electron chi connectivity index (χ4n) is 1.46. The second kappa shape index (κ2) is 1.75. The van der Waals surface area contributed by atoms with E-state index < -0.39 is 0 Å². The molecular formula is C8H12. The molecule has 2 fully saturated rings. The third-order valence-electron chi connectivity index (χ3n) is 2.45. The Bertz CT molecular complexity index is 66.0. The third kappa shape index (κ3) is 0.586. The van der Waals surface area contributed by atoms with Gasteiger partial charge < -0.3 is 0 Å². The lowest BCUT2D eigenvalue weighted by Gasteiger charge is -2.38. The SMILES string of the molecule is [CH]1CCC1[C]1CCC1. The molecule has 0 aliphatic heterocycles. The van der Waals surface area contributed by atoms with Gasteiger partial charge in [-0.05, 0) is 43.9 Å². The molecule has 2 aliphatic carbocycles. The zero-order valence-electron chi connectivity index (χ0n) is 5.19. The fraction of sp³-hybridized carbons (Fsp3) is 0.750. The van der Waals surface area contributed by atoms with E-state index in [1.54, 1.807) is 0 Å². The molecule has 2 radical (unpaired) electrons. The Hall–Kier alpha value is 0. The van der Waals surface area contributed by atoms with Crippen molar-refractivity contribution in [2.75, 3.05) is 0 Å². The summed E-state index contributed by atoms with van der Waals surface area (Å²) in [7, 11) is 0. The van der Waals surface area contributed by atoms with Crippen LogP contribution in [0.1, 0.15) is 32.1 Å². The summed E-state index contributed by atoms with van der Waals surface area (Å²) in [6.45, 7) is 0. The van der Waals surface area contributed by atoms with Gasteiger partial charge in [-0.1, -0.05) is 6.42 Å². The molecular weight excluding hydrogens is 96.1 g/mol. The van der Waals surface area contributed by atoms with Crippen molar-refractivity contribution in [3.8, 4) is 0 Å². The van der Waals surface area contributed by atoms with Crippen molar-refractivity contribution in [2.45, 2.75) is 32.1 Å². The Labute approximate surface area is 51.3 Å². The Morgan fingerprint density at radius 2 is 2.12 bits per heavy atom. The van der Waals surface area contributed by atoms with Crippen LogP contribution in [-0.4, -0.2) is 0 Å². The van der Waals surface area contributed by atoms with Gasteiger partial charge >= 0.3 is 0 Å². The van der Waals surface area contributed by atoms with Crippen LogP contribution in [0.4, 0.5) is 0 Å². The molecule has 0 aromatic carbocycles. The van der Waals surface area contributed by atoms with Gasteiger partial charge in [-0.15, -0.1) is 0 Å². The Balaban J connectivity index is 1.79. The van der Waals surface area contributed by atoms with Gasteiger partial charge in [0.2, 0.25) is 0 Å². The molecule has 0 N–H and O–H groups in total. The first-order chi connectivity index (χ1) is 3.97. The van der Waals surface area contributed by atoms with Gasteiger partial charge in [-0.3, -0.25) is 0 Å². The summed E-state index contributed by atoms with van der Waals surface area (Å²) in [5.41, 5.74) is 0. The smallest absolute Gasteiger partial charge is 0.0207 e. The Morgan fingerprint density at radius 1 is 1.38 bits per heavy atom. The molecule has 8 heavy (non-hydrogen) atoms. The first kappa shape index (κ1) is 4.84. The van der Waals surface area contributed by atoms with Crippen molar-refractivity contribution in [3.63, 3.8) is 0 Å². The van der Waals surface area contributed by atoms with Gasteiger partial charge in [0.1, 0.15) is 0 Å².